The Balaban J connectivity index is 1.98. The highest BCUT2D eigenvalue weighted by atomic mass is 19.4. The molecule has 0 atom stereocenters. The zero-order valence-electron chi connectivity index (χ0n) is 18.9. The molecule has 1 aromatic heterocycles. The van der Waals surface area contributed by atoms with Gasteiger partial charge in [-0.3, -0.25) is 0 Å². The lowest BCUT2D eigenvalue weighted by Crippen LogP contribution is -2.17. The Morgan fingerprint density at radius 2 is 1.79 bits per heavy atom. The summed E-state index contributed by atoms with van der Waals surface area (Å²) in [6, 6.07) is 11.9. The largest absolute Gasteiger partial charge is 0.573 e. The molecule has 0 fully saturated rings. The molecule has 0 saturated heterocycles. The van der Waals surface area contributed by atoms with E-state index in [4.69, 9.17) is 9.47 Å². The first-order chi connectivity index (χ1) is 16.1. The van der Waals surface area contributed by atoms with E-state index in [1.165, 1.54) is 32.4 Å². The highest BCUT2D eigenvalue weighted by Crippen LogP contribution is 2.30. The molecule has 1 heterocycles. The lowest BCUT2D eigenvalue weighted by molar-refractivity contribution is -0.274. The number of esters is 1. The minimum absolute atomic E-state index is 0.00225. The Morgan fingerprint density at radius 3 is 2.44 bits per heavy atom. The average Bonchev–Trinajstić information content (AvgIpc) is 2.77. The van der Waals surface area contributed by atoms with Crippen LogP contribution in [-0.2, 0) is 4.74 Å². The Bertz CT molecular complexity index is 1170. The first kappa shape index (κ1) is 24.6. The molecule has 0 aliphatic heterocycles. The van der Waals surface area contributed by atoms with Gasteiger partial charge in [0.2, 0.25) is 5.95 Å². The highest BCUT2D eigenvalue weighted by Gasteiger charge is 2.31. The van der Waals surface area contributed by atoms with Crippen LogP contribution in [0.4, 0.5) is 30.6 Å². The minimum Gasteiger partial charge on any atom is -0.496 e. The number of carbonyl (C=O) groups is 1. The molecule has 0 bridgehead atoms. The summed E-state index contributed by atoms with van der Waals surface area (Å²) in [5, 5.41) is 6.19. The third kappa shape index (κ3) is 6.50. The number of benzene rings is 2. The van der Waals surface area contributed by atoms with E-state index in [0.717, 1.165) is 0 Å². The second kappa shape index (κ2) is 10.3. The molecule has 180 valence electrons. The number of carbonyl (C=O) groups excluding carboxylic acids is 1. The number of halogens is 3. The molecule has 0 amide bonds. The van der Waals surface area contributed by atoms with Crippen molar-refractivity contribution >= 4 is 23.4 Å². The molecule has 8 nitrogen and oxygen atoms in total. The number of anilines is 3. The molecule has 0 spiro atoms. The maximum Gasteiger partial charge on any atom is 0.573 e. The third-order valence-electron chi connectivity index (χ3n) is 4.39. The first-order valence-electron chi connectivity index (χ1n) is 10.1. The van der Waals surface area contributed by atoms with E-state index in [1.807, 2.05) is 13.8 Å². The van der Waals surface area contributed by atoms with Crippen LogP contribution in [-0.4, -0.2) is 42.6 Å². The molecule has 0 radical (unpaired) electrons. The summed E-state index contributed by atoms with van der Waals surface area (Å²) >= 11 is 0. The topological polar surface area (TPSA) is 94.6 Å². The first-order valence-corrected chi connectivity index (χ1v) is 10.1. The van der Waals surface area contributed by atoms with Crippen molar-refractivity contribution in [1.82, 2.24) is 9.97 Å². The molecule has 0 saturated carbocycles. The van der Waals surface area contributed by atoms with Gasteiger partial charge in [-0.15, -0.1) is 13.2 Å². The zero-order valence-corrected chi connectivity index (χ0v) is 18.9. The predicted octanol–water partition coefficient (Wildman–Crippen LogP) is 5.40. The van der Waals surface area contributed by atoms with Crippen molar-refractivity contribution in [2.24, 2.45) is 0 Å². The van der Waals surface area contributed by atoms with Gasteiger partial charge in [0.15, 0.2) is 0 Å². The second-order valence-corrected chi connectivity index (χ2v) is 7.37. The van der Waals surface area contributed by atoms with Crippen LogP contribution < -0.4 is 20.1 Å². The van der Waals surface area contributed by atoms with Crippen molar-refractivity contribution in [3.63, 3.8) is 0 Å². The standard InChI is InChI=1S/C23H23F3N4O4/c1-13(2)27-22-29-18(14-6-5-7-16(10-14)34-23(24,25)26)12-20(30-22)28-15-8-9-17(21(31)33-4)19(11-15)32-3/h5-13H,1-4H3,(H2,27,28,29,30). The van der Waals surface area contributed by atoms with Crippen LogP contribution in [0.1, 0.15) is 24.2 Å². The number of ether oxygens (including phenoxy) is 3. The van der Waals surface area contributed by atoms with E-state index < -0.39 is 12.3 Å². The van der Waals surface area contributed by atoms with Gasteiger partial charge >= 0.3 is 12.3 Å². The van der Waals surface area contributed by atoms with Crippen LogP contribution in [0.3, 0.4) is 0 Å². The number of hydrogen-bond donors (Lipinski definition) is 2. The summed E-state index contributed by atoms with van der Waals surface area (Å²) in [6.07, 6.45) is -4.81. The molecule has 2 N–H and O–H groups in total. The van der Waals surface area contributed by atoms with Gasteiger partial charge in [0.25, 0.3) is 0 Å². The number of methoxy groups -OCH3 is 2. The number of aromatic nitrogens is 2. The van der Waals surface area contributed by atoms with Crippen LogP contribution in [0, 0.1) is 0 Å². The second-order valence-electron chi connectivity index (χ2n) is 7.37. The fraction of sp³-hybridized carbons (Fsp3) is 0.261. The maximum atomic E-state index is 12.6. The van der Waals surface area contributed by atoms with Crippen molar-refractivity contribution in [2.75, 3.05) is 24.9 Å². The van der Waals surface area contributed by atoms with Gasteiger partial charge in [-0.2, -0.15) is 4.98 Å². The van der Waals surface area contributed by atoms with Crippen molar-refractivity contribution < 1.29 is 32.2 Å². The van der Waals surface area contributed by atoms with Gasteiger partial charge in [0, 0.05) is 29.4 Å². The normalized spacial score (nSPS) is 11.2. The average molecular weight is 476 g/mol. The van der Waals surface area contributed by atoms with Crippen LogP contribution in [0.25, 0.3) is 11.3 Å². The molecule has 0 aliphatic rings. The van der Waals surface area contributed by atoms with Crippen LogP contribution in [0.2, 0.25) is 0 Å². The lowest BCUT2D eigenvalue weighted by Gasteiger charge is -2.15. The fourth-order valence-electron chi connectivity index (χ4n) is 3.03. The molecule has 3 aromatic rings. The summed E-state index contributed by atoms with van der Waals surface area (Å²) < 4.78 is 52.0. The van der Waals surface area contributed by atoms with E-state index in [2.05, 4.69) is 25.3 Å². The molecule has 0 aliphatic carbocycles. The lowest BCUT2D eigenvalue weighted by atomic mass is 10.1. The monoisotopic (exact) mass is 476 g/mol. The minimum atomic E-state index is -4.81. The molecule has 2 aromatic carbocycles. The zero-order chi connectivity index (χ0) is 24.9. The van der Waals surface area contributed by atoms with Gasteiger partial charge in [0.1, 0.15) is 22.9 Å². The van der Waals surface area contributed by atoms with Gasteiger partial charge in [-0.1, -0.05) is 12.1 Å². The predicted molar refractivity (Wildman–Crippen MR) is 121 cm³/mol. The maximum absolute atomic E-state index is 12.6. The number of alkyl halides is 3. The highest BCUT2D eigenvalue weighted by molar-refractivity contribution is 5.93. The van der Waals surface area contributed by atoms with Crippen molar-refractivity contribution in [2.45, 2.75) is 26.3 Å². The summed E-state index contributed by atoms with van der Waals surface area (Å²) in [7, 11) is 2.70. The van der Waals surface area contributed by atoms with Crippen molar-refractivity contribution in [3.8, 4) is 22.8 Å². The van der Waals surface area contributed by atoms with E-state index in [-0.39, 0.29) is 23.3 Å². The molecular formula is C23H23F3N4O4. The van der Waals surface area contributed by atoms with E-state index in [1.54, 1.807) is 30.3 Å². The summed E-state index contributed by atoms with van der Waals surface area (Å²) in [4.78, 5) is 20.7. The molecule has 3 rings (SSSR count). The Labute approximate surface area is 194 Å². The number of nitrogens with one attached hydrogen (secondary N) is 2. The fourth-order valence-corrected chi connectivity index (χ4v) is 3.03. The number of rotatable bonds is 8. The molecule has 34 heavy (non-hydrogen) atoms. The van der Waals surface area contributed by atoms with E-state index in [9.17, 15) is 18.0 Å². The van der Waals surface area contributed by atoms with Gasteiger partial charge in [0.05, 0.1) is 19.9 Å². The Hall–Kier alpha value is -4.02. The smallest absolute Gasteiger partial charge is 0.496 e. The third-order valence-corrected chi connectivity index (χ3v) is 4.39. The Kier molecular flexibility index (Phi) is 7.44. The number of hydrogen-bond acceptors (Lipinski definition) is 8. The van der Waals surface area contributed by atoms with Gasteiger partial charge < -0.3 is 24.8 Å². The summed E-state index contributed by atoms with van der Waals surface area (Å²) in [5.41, 5.74) is 1.57. The molecule has 11 heteroatoms. The SMILES string of the molecule is COC(=O)c1ccc(Nc2cc(-c3cccc(OC(F)(F)F)c3)nc(NC(C)C)n2)cc1OC. The van der Waals surface area contributed by atoms with E-state index >= 15 is 0 Å². The van der Waals surface area contributed by atoms with Crippen LogP contribution in [0.5, 0.6) is 11.5 Å². The summed E-state index contributed by atoms with van der Waals surface area (Å²) in [5.74, 6) is 0.0267. The van der Waals surface area contributed by atoms with Gasteiger partial charge in [-0.25, -0.2) is 9.78 Å². The quantitative estimate of drug-likeness (QED) is 0.418. The van der Waals surface area contributed by atoms with Crippen molar-refractivity contribution in [1.29, 1.82) is 0 Å². The molecule has 0 unspecified atom stereocenters. The Morgan fingerprint density at radius 1 is 1.03 bits per heavy atom. The van der Waals surface area contributed by atoms with Gasteiger partial charge in [-0.05, 0) is 38.1 Å². The van der Waals surface area contributed by atoms with Crippen LogP contribution in [0.15, 0.2) is 48.5 Å². The number of nitrogens with zero attached hydrogens (tertiary/aromatic N) is 2. The van der Waals surface area contributed by atoms with E-state index in [0.29, 0.717) is 28.5 Å². The molecular weight excluding hydrogens is 453 g/mol. The van der Waals surface area contributed by atoms with Crippen molar-refractivity contribution in [3.05, 3.63) is 54.1 Å². The van der Waals surface area contributed by atoms with Crippen LogP contribution >= 0.6 is 0 Å². The summed E-state index contributed by atoms with van der Waals surface area (Å²) in [6.45, 7) is 3.80.